The van der Waals surface area contributed by atoms with E-state index in [1.807, 2.05) is 6.07 Å². The third kappa shape index (κ3) is 4.74. The van der Waals surface area contributed by atoms with Gasteiger partial charge in [-0.3, -0.25) is 25.1 Å². The second-order valence-electron chi connectivity index (χ2n) is 6.76. The van der Waals surface area contributed by atoms with E-state index in [2.05, 4.69) is 10.2 Å². The molecule has 9 heteroatoms. The first kappa shape index (κ1) is 19.6. The summed E-state index contributed by atoms with van der Waals surface area (Å²) in [6, 6.07) is 11.4. The summed E-state index contributed by atoms with van der Waals surface area (Å²) in [7, 11) is 1.54. The molecule has 1 heterocycles. The lowest BCUT2D eigenvalue weighted by Crippen LogP contribution is -2.38. The number of nitrogens with zero attached hydrogens (tertiary/aromatic N) is 3. The lowest BCUT2D eigenvalue weighted by Gasteiger charge is -2.33. The number of nitro benzene ring substituents is 2. The summed E-state index contributed by atoms with van der Waals surface area (Å²) in [5.74, 6) is 0.574. The van der Waals surface area contributed by atoms with Crippen LogP contribution in [0.25, 0.3) is 0 Å². The highest BCUT2D eigenvalue weighted by molar-refractivity contribution is 5.62. The molecule has 9 nitrogen and oxygen atoms in total. The fourth-order valence-corrected chi connectivity index (χ4v) is 3.40. The second-order valence-corrected chi connectivity index (χ2v) is 6.76. The number of anilines is 1. The van der Waals surface area contributed by atoms with Gasteiger partial charge in [-0.05, 0) is 24.5 Å². The molecule has 0 amide bonds. The Kier molecular flexibility index (Phi) is 6.05. The number of nitro groups is 2. The molecule has 1 aliphatic heterocycles. The van der Waals surface area contributed by atoms with Crippen molar-refractivity contribution in [2.45, 2.75) is 25.4 Å². The fourth-order valence-electron chi connectivity index (χ4n) is 3.40. The van der Waals surface area contributed by atoms with Gasteiger partial charge in [-0.25, -0.2) is 0 Å². The molecule has 2 aromatic rings. The van der Waals surface area contributed by atoms with E-state index in [1.54, 1.807) is 18.2 Å². The van der Waals surface area contributed by atoms with Gasteiger partial charge in [0.1, 0.15) is 5.75 Å². The van der Waals surface area contributed by atoms with Crippen molar-refractivity contribution in [1.29, 1.82) is 0 Å². The van der Waals surface area contributed by atoms with Crippen LogP contribution in [0, 0.1) is 20.2 Å². The summed E-state index contributed by atoms with van der Waals surface area (Å²) < 4.78 is 5.30. The topological polar surface area (TPSA) is 111 Å². The zero-order valence-corrected chi connectivity index (χ0v) is 15.5. The Morgan fingerprint density at radius 2 is 1.75 bits per heavy atom. The van der Waals surface area contributed by atoms with Crippen LogP contribution in [0.4, 0.5) is 17.1 Å². The molecule has 0 atom stereocenters. The van der Waals surface area contributed by atoms with Gasteiger partial charge in [-0.15, -0.1) is 0 Å². The van der Waals surface area contributed by atoms with Crippen molar-refractivity contribution in [2.75, 3.05) is 25.5 Å². The van der Waals surface area contributed by atoms with Gasteiger partial charge in [-0.1, -0.05) is 12.1 Å². The molecule has 0 radical (unpaired) electrons. The molecule has 0 saturated carbocycles. The zero-order valence-electron chi connectivity index (χ0n) is 15.5. The average Bonchev–Trinajstić information content (AvgIpc) is 2.69. The summed E-state index contributed by atoms with van der Waals surface area (Å²) in [6.45, 7) is 2.32. The minimum Gasteiger partial charge on any atom is -0.495 e. The van der Waals surface area contributed by atoms with Crippen LogP contribution < -0.4 is 10.1 Å². The van der Waals surface area contributed by atoms with Crippen LogP contribution in [-0.2, 0) is 6.54 Å². The Morgan fingerprint density at radius 1 is 1.07 bits per heavy atom. The number of hydrogen-bond donors (Lipinski definition) is 1. The molecule has 148 valence electrons. The van der Waals surface area contributed by atoms with E-state index in [0.29, 0.717) is 18.0 Å². The molecule has 0 aromatic heterocycles. The summed E-state index contributed by atoms with van der Waals surface area (Å²) in [6.07, 6.45) is 1.72. The van der Waals surface area contributed by atoms with Gasteiger partial charge in [0.15, 0.2) is 0 Å². The zero-order chi connectivity index (χ0) is 20.1. The Morgan fingerprint density at radius 3 is 2.39 bits per heavy atom. The summed E-state index contributed by atoms with van der Waals surface area (Å²) in [5, 5.41) is 25.3. The highest BCUT2D eigenvalue weighted by atomic mass is 16.6. The molecule has 0 unspecified atom stereocenters. The highest BCUT2D eigenvalue weighted by Gasteiger charge is 2.21. The van der Waals surface area contributed by atoms with Crippen molar-refractivity contribution in [3.8, 4) is 5.75 Å². The molecular formula is C19H22N4O5. The molecule has 2 aromatic carbocycles. The van der Waals surface area contributed by atoms with Crippen molar-refractivity contribution in [3.63, 3.8) is 0 Å². The van der Waals surface area contributed by atoms with Crippen molar-refractivity contribution < 1.29 is 14.6 Å². The molecule has 1 N–H and O–H groups in total. The number of ether oxygens (including phenoxy) is 1. The average molecular weight is 386 g/mol. The summed E-state index contributed by atoms with van der Waals surface area (Å²) in [4.78, 5) is 23.4. The van der Waals surface area contributed by atoms with Gasteiger partial charge < -0.3 is 10.1 Å². The summed E-state index contributed by atoms with van der Waals surface area (Å²) >= 11 is 0. The van der Waals surface area contributed by atoms with E-state index < -0.39 is 4.92 Å². The maximum atomic E-state index is 11.0. The Labute approximate surface area is 162 Å². The molecule has 3 rings (SSSR count). The maximum Gasteiger partial charge on any atom is 0.271 e. The van der Waals surface area contributed by atoms with Crippen LogP contribution in [0.1, 0.15) is 18.4 Å². The van der Waals surface area contributed by atoms with E-state index in [4.69, 9.17) is 4.74 Å². The van der Waals surface area contributed by atoms with Crippen LogP contribution in [0.3, 0.4) is 0 Å². The molecule has 1 saturated heterocycles. The molecular weight excluding hydrogens is 364 g/mol. The maximum absolute atomic E-state index is 11.0. The monoisotopic (exact) mass is 386 g/mol. The van der Waals surface area contributed by atoms with E-state index in [1.165, 1.54) is 25.3 Å². The number of non-ortho nitro benzene ring substituents is 2. The quantitative estimate of drug-likeness (QED) is 0.572. The Hall–Kier alpha value is -3.20. The standard InChI is InChI=1S/C19H22N4O5/c1-28-19-6-5-17(23(26)27)12-18(19)20-15-7-9-21(10-8-15)13-14-3-2-4-16(11-14)22(24)25/h2-6,11-12,15,20H,7-10,13H2,1H3. The Balaban J connectivity index is 1.59. The smallest absolute Gasteiger partial charge is 0.271 e. The Bertz CT molecular complexity index is 865. The highest BCUT2D eigenvalue weighted by Crippen LogP contribution is 2.31. The van der Waals surface area contributed by atoms with Gasteiger partial charge in [-0.2, -0.15) is 0 Å². The lowest BCUT2D eigenvalue weighted by molar-refractivity contribution is -0.385. The number of methoxy groups -OCH3 is 1. The molecule has 0 aliphatic carbocycles. The second kappa shape index (κ2) is 8.66. The van der Waals surface area contributed by atoms with Gasteiger partial charge in [0.25, 0.3) is 11.4 Å². The van der Waals surface area contributed by atoms with Crippen LogP contribution >= 0.6 is 0 Å². The van der Waals surface area contributed by atoms with Gasteiger partial charge in [0.2, 0.25) is 0 Å². The lowest BCUT2D eigenvalue weighted by atomic mass is 10.0. The first-order chi connectivity index (χ1) is 13.5. The largest absolute Gasteiger partial charge is 0.495 e. The number of hydrogen-bond acceptors (Lipinski definition) is 7. The van der Waals surface area contributed by atoms with Crippen LogP contribution in [0.5, 0.6) is 5.75 Å². The van der Waals surface area contributed by atoms with Crippen molar-refractivity contribution in [3.05, 3.63) is 68.3 Å². The molecule has 0 bridgehead atoms. The van der Waals surface area contributed by atoms with Gasteiger partial charge in [0.05, 0.1) is 22.6 Å². The normalized spacial score (nSPS) is 15.2. The van der Waals surface area contributed by atoms with E-state index in [-0.39, 0.29) is 22.3 Å². The van der Waals surface area contributed by atoms with E-state index >= 15 is 0 Å². The van der Waals surface area contributed by atoms with Crippen molar-refractivity contribution in [1.82, 2.24) is 4.90 Å². The first-order valence-corrected chi connectivity index (χ1v) is 9.01. The van der Waals surface area contributed by atoms with Crippen LogP contribution in [-0.4, -0.2) is 41.0 Å². The van der Waals surface area contributed by atoms with E-state index in [9.17, 15) is 20.2 Å². The van der Waals surface area contributed by atoms with Gasteiger partial charge >= 0.3 is 0 Å². The predicted molar refractivity (Wildman–Crippen MR) is 105 cm³/mol. The number of likely N-dealkylation sites (tertiary alicyclic amines) is 1. The molecule has 0 spiro atoms. The number of benzene rings is 2. The molecule has 1 fully saturated rings. The number of piperidine rings is 1. The summed E-state index contributed by atoms with van der Waals surface area (Å²) in [5.41, 5.74) is 1.66. The van der Waals surface area contributed by atoms with Crippen LogP contribution in [0.2, 0.25) is 0 Å². The van der Waals surface area contributed by atoms with Crippen molar-refractivity contribution >= 4 is 17.1 Å². The van der Waals surface area contributed by atoms with E-state index in [0.717, 1.165) is 31.5 Å². The minimum atomic E-state index is -0.424. The SMILES string of the molecule is COc1ccc([N+](=O)[O-])cc1NC1CCN(Cc2cccc([N+](=O)[O-])c2)CC1. The third-order valence-corrected chi connectivity index (χ3v) is 4.87. The number of rotatable bonds is 7. The molecule has 28 heavy (non-hydrogen) atoms. The fraction of sp³-hybridized carbons (Fsp3) is 0.368. The third-order valence-electron chi connectivity index (χ3n) is 4.87. The van der Waals surface area contributed by atoms with Crippen LogP contribution in [0.15, 0.2) is 42.5 Å². The number of nitrogens with one attached hydrogen (secondary N) is 1. The van der Waals surface area contributed by atoms with Crippen molar-refractivity contribution in [2.24, 2.45) is 0 Å². The first-order valence-electron chi connectivity index (χ1n) is 9.01. The minimum absolute atomic E-state index is 0.0198. The molecule has 1 aliphatic rings. The predicted octanol–water partition coefficient (Wildman–Crippen LogP) is 3.59. The van der Waals surface area contributed by atoms with Gasteiger partial charge in [0, 0.05) is 49.9 Å².